The number of aryl methyl sites for hydroxylation is 1. The van der Waals surface area contributed by atoms with Gasteiger partial charge in [-0.3, -0.25) is 4.98 Å². The van der Waals surface area contributed by atoms with Crippen LogP contribution in [0.2, 0.25) is 5.15 Å². The van der Waals surface area contributed by atoms with Gasteiger partial charge >= 0.3 is 0 Å². The lowest BCUT2D eigenvalue weighted by Gasteiger charge is -2.03. The molecule has 0 atom stereocenters. The Labute approximate surface area is 99.5 Å². The minimum Gasteiger partial charge on any atom is -0.264 e. The van der Waals surface area contributed by atoms with E-state index in [4.69, 9.17) is 11.6 Å². The number of hydrogen-bond acceptors (Lipinski definition) is 3. The monoisotopic (exact) mass is 233 g/mol. The molecule has 0 aliphatic heterocycles. The van der Waals surface area contributed by atoms with Crippen LogP contribution in [0.5, 0.6) is 0 Å². The fourth-order valence-electron chi connectivity index (χ4n) is 1.48. The minimum absolute atomic E-state index is 0.505. The molecule has 0 aromatic carbocycles. The van der Waals surface area contributed by atoms with Crippen molar-refractivity contribution in [2.45, 2.75) is 19.8 Å². The number of halogens is 1. The van der Waals surface area contributed by atoms with E-state index in [1.165, 1.54) is 0 Å². The summed E-state index contributed by atoms with van der Waals surface area (Å²) in [5.74, 6) is 0.784. The Morgan fingerprint density at radius 3 is 2.88 bits per heavy atom. The SMILES string of the molecule is CCc1nc(Cl)cc(Cc2cccnc2)n1. The van der Waals surface area contributed by atoms with Gasteiger partial charge in [0, 0.05) is 25.2 Å². The first kappa shape index (κ1) is 11.0. The zero-order valence-electron chi connectivity index (χ0n) is 9.02. The smallest absolute Gasteiger partial charge is 0.133 e. The second-order valence-corrected chi connectivity index (χ2v) is 3.88. The first-order valence-corrected chi connectivity index (χ1v) is 5.57. The van der Waals surface area contributed by atoms with Crippen molar-refractivity contribution in [1.82, 2.24) is 15.0 Å². The summed E-state index contributed by atoms with van der Waals surface area (Å²) in [6.07, 6.45) is 5.12. The molecule has 0 bridgehead atoms. The highest BCUT2D eigenvalue weighted by atomic mass is 35.5. The van der Waals surface area contributed by atoms with E-state index in [0.717, 1.165) is 29.9 Å². The number of aromatic nitrogens is 3. The van der Waals surface area contributed by atoms with Crippen LogP contribution in [0.4, 0.5) is 0 Å². The van der Waals surface area contributed by atoms with Crippen molar-refractivity contribution < 1.29 is 0 Å². The molecule has 0 spiro atoms. The summed E-state index contributed by atoms with van der Waals surface area (Å²) in [6.45, 7) is 2.01. The predicted octanol–water partition coefficient (Wildman–Crippen LogP) is 2.68. The molecule has 0 N–H and O–H groups in total. The molecule has 3 nitrogen and oxygen atoms in total. The second-order valence-electron chi connectivity index (χ2n) is 3.49. The van der Waals surface area contributed by atoms with Gasteiger partial charge in [0.05, 0.1) is 5.69 Å². The van der Waals surface area contributed by atoms with Crippen molar-refractivity contribution in [1.29, 1.82) is 0 Å². The van der Waals surface area contributed by atoms with Crippen molar-refractivity contribution >= 4 is 11.6 Å². The summed E-state index contributed by atoms with van der Waals surface area (Å²) in [4.78, 5) is 12.6. The van der Waals surface area contributed by atoms with E-state index in [0.29, 0.717) is 5.15 Å². The zero-order chi connectivity index (χ0) is 11.4. The summed E-state index contributed by atoms with van der Waals surface area (Å²) < 4.78 is 0. The molecule has 0 fully saturated rings. The summed E-state index contributed by atoms with van der Waals surface area (Å²) in [5, 5.41) is 0.505. The van der Waals surface area contributed by atoms with Crippen LogP contribution in [-0.2, 0) is 12.8 Å². The lowest BCUT2D eigenvalue weighted by molar-refractivity contribution is 0.896. The largest absolute Gasteiger partial charge is 0.264 e. The van der Waals surface area contributed by atoms with E-state index in [2.05, 4.69) is 15.0 Å². The van der Waals surface area contributed by atoms with Crippen LogP contribution in [0.1, 0.15) is 24.0 Å². The fourth-order valence-corrected chi connectivity index (χ4v) is 1.70. The van der Waals surface area contributed by atoms with Crippen LogP contribution in [0.3, 0.4) is 0 Å². The number of nitrogens with zero attached hydrogens (tertiary/aromatic N) is 3. The third-order valence-electron chi connectivity index (χ3n) is 2.22. The topological polar surface area (TPSA) is 38.7 Å². The van der Waals surface area contributed by atoms with Crippen molar-refractivity contribution in [2.75, 3.05) is 0 Å². The first-order valence-electron chi connectivity index (χ1n) is 5.19. The predicted molar refractivity (Wildman–Crippen MR) is 63.5 cm³/mol. The average Bonchev–Trinajstić information content (AvgIpc) is 2.29. The van der Waals surface area contributed by atoms with Crippen LogP contribution in [0, 0.1) is 0 Å². The second kappa shape index (κ2) is 5.03. The molecule has 16 heavy (non-hydrogen) atoms. The highest BCUT2D eigenvalue weighted by Crippen LogP contribution is 2.11. The summed E-state index contributed by atoms with van der Waals surface area (Å²) in [5.41, 5.74) is 2.06. The summed E-state index contributed by atoms with van der Waals surface area (Å²) in [7, 11) is 0. The molecule has 4 heteroatoms. The standard InChI is InChI=1S/C12H12ClN3/c1-2-12-15-10(7-11(13)16-12)6-9-4-3-5-14-8-9/h3-5,7-8H,2,6H2,1H3. The Bertz CT molecular complexity index is 471. The van der Waals surface area contributed by atoms with Crippen LogP contribution < -0.4 is 0 Å². The van der Waals surface area contributed by atoms with Gasteiger partial charge in [-0.25, -0.2) is 9.97 Å². The Kier molecular flexibility index (Phi) is 3.47. The third-order valence-corrected chi connectivity index (χ3v) is 2.41. The number of rotatable bonds is 3. The van der Waals surface area contributed by atoms with E-state index in [9.17, 15) is 0 Å². The Balaban J connectivity index is 2.24. The molecular formula is C12H12ClN3. The van der Waals surface area contributed by atoms with Crippen LogP contribution in [0.25, 0.3) is 0 Å². The third kappa shape index (κ3) is 2.76. The summed E-state index contributed by atoms with van der Waals surface area (Å²) in [6, 6.07) is 5.74. The molecule has 0 unspecified atom stereocenters. The lowest BCUT2D eigenvalue weighted by Crippen LogP contribution is -1.99. The van der Waals surface area contributed by atoms with Gasteiger partial charge in [0.1, 0.15) is 11.0 Å². The van der Waals surface area contributed by atoms with Crippen molar-refractivity contribution in [2.24, 2.45) is 0 Å². The van der Waals surface area contributed by atoms with Crippen LogP contribution in [0.15, 0.2) is 30.6 Å². The molecule has 2 aromatic rings. The van der Waals surface area contributed by atoms with Crippen LogP contribution in [-0.4, -0.2) is 15.0 Å². The van der Waals surface area contributed by atoms with E-state index < -0.39 is 0 Å². The fraction of sp³-hybridized carbons (Fsp3) is 0.250. The van der Waals surface area contributed by atoms with Gasteiger partial charge in [0.25, 0.3) is 0 Å². The first-order chi connectivity index (χ1) is 7.78. The van der Waals surface area contributed by atoms with Gasteiger partial charge in [-0.15, -0.1) is 0 Å². The number of hydrogen-bond donors (Lipinski definition) is 0. The van der Waals surface area contributed by atoms with Gasteiger partial charge in [-0.05, 0) is 17.7 Å². The van der Waals surface area contributed by atoms with Gasteiger partial charge in [-0.1, -0.05) is 24.6 Å². The molecule has 0 amide bonds. The van der Waals surface area contributed by atoms with Crippen molar-refractivity contribution in [3.63, 3.8) is 0 Å². The van der Waals surface area contributed by atoms with E-state index >= 15 is 0 Å². The van der Waals surface area contributed by atoms with Gasteiger partial charge in [0.2, 0.25) is 0 Å². The van der Waals surface area contributed by atoms with E-state index in [1.54, 1.807) is 12.3 Å². The lowest BCUT2D eigenvalue weighted by atomic mass is 10.1. The minimum atomic E-state index is 0.505. The maximum atomic E-state index is 5.93. The molecule has 0 aliphatic carbocycles. The highest BCUT2D eigenvalue weighted by Gasteiger charge is 2.03. The van der Waals surface area contributed by atoms with Crippen molar-refractivity contribution in [3.05, 3.63) is 52.8 Å². The Morgan fingerprint density at radius 2 is 2.19 bits per heavy atom. The molecule has 0 saturated heterocycles. The molecule has 2 heterocycles. The maximum Gasteiger partial charge on any atom is 0.133 e. The van der Waals surface area contributed by atoms with Gasteiger partial charge in [-0.2, -0.15) is 0 Å². The number of pyridine rings is 1. The quantitative estimate of drug-likeness (QED) is 0.766. The highest BCUT2D eigenvalue weighted by molar-refractivity contribution is 6.29. The molecule has 82 valence electrons. The molecule has 0 aliphatic rings. The summed E-state index contributed by atoms with van der Waals surface area (Å²) >= 11 is 5.93. The van der Waals surface area contributed by atoms with Gasteiger partial charge in [0.15, 0.2) is 0 Å². The average molecular weight is 234 g/mol. The Morgan fingerprint density at radius 1 is 1.31 bits per heavy atom. The maximum absolute atomic E-state index is 5.93. The normalized spacial score (nSPS) is 10.4. The molecule has 2 aromatic heterocycles. The molecule has 0 radical (unpaired) electrons. The van der Waals surface area contributed by atoms with Crippen molar-refractivity contribution in [3.8, 4) is 0 Å². The van der Waals surface area contributed by atoms with Gasteiger partial charge < -0.3 is 0 Å². The molecular weight excluding hydrogens is 222 g/mol. The Hall–Kier alpha value is -1.48. The van der Waals surface area contributed by atoms with E-state index in [1.807, 2.05) is 25.3 Å². The molecule has 2 rings (SSSR count). The van der Waals surface area contributed by atoms with E-state index in [-0.39, 0.29) is 0 Å². The zero-order valence-corrected chi connectivity index (χ0v) is 9.78. The molecule has 0 saturated carbocycles. The van der Waals surface area contributed by atoms with Crippen LogP contribution >= 0.6 is 11.6 Å².